The van der Waals surface area contributed by atoms with Crippen LogP contribution in [0.5, 0.6) is 5.75 Å². The Hall–Kier alpha value is -1.87. The van der Waals surface area contributed by atoms with Gasteiger partial charge in [0.2, 0.25) is 0 Å². The van der Waals surface area contributed by atoms with E-state index < -0.39 is 0 Å². The van der Waals surface area contributed by atoms with Crippen molar-refractivity contribution >= 4 is 0 Å². The summed E-state index contributed by atoms with van der Waals surface area (Å²) in [5.41, 5.74) is 2.14. The monoisotopic (exact) mass is 287 g/mol. The molecule has 0 heterocycles. The molecule has 0 spiro atoms. The van der Waals surface area contributed by atoms with Gasteiger partial charge in [0.05, 0.1) is 0 Å². The van der Waals surface area contributed by atoms with E-state index >= 15 is 0 Å². The van der Waals surface area contributed by atoms with Gasteiger partial charge in [-0.2, -0.15) is 0 Å². The summed E-state index contributed by atoms with van der Waals surface area (Å²) < 4.78 is 18.7. The largest absolute Gasteiger partial charge is 0.489 e. The normalized spacial score (nSPS) is 12.1. The van der Waals surface area contributed by atoms with Gasteiger partial charge in [-0.25, -0.2) is 4.39 Å². The summed E-state index contributed by atoms with van der Waals surface area (Å²) in [5.74, 6) is 0.578. The Labute approximate surface area is 126 Å². The Kier molecular flexibility index (Phi) is 5.76. The standard InChI is InChI=1S/C18H22FNO/c1-14(20-2)6-7-15-8-10-18(11-9-15)21-13-16-4-3-5-17(19)12-16/h3-5,8-12,14,20H,6-7,13H2,1-2H3. The lowest BCUT2D eigenvalue weighted by molar-refractivity contribution is 0.305. The number of aryl methyl sites for hydroxylation is 1. The second kappa shape index (κ2) is 7.79. The van der Waals surface area contributed by atoms with Gasteiger partial charge in [0.1, 0.15) is 18.2 Å². The molecule has 2 rings (SSSR count). The minimum atomic E-state index is -0.231. The first kappa shape index (κ1) is 15.5. The molecule has 0 bridgehead atoms. The van der Waals surface area contributed by atoms with E-state index in [2.05, 4.69) is 24.4 Å². The van der Waals surface area contributed by atoms with E-state index in [9.17, 15) is 4.39 Å². The minimum Gasteiger partial charge on any atom is -0.489 e. The van der Waals surface area contributed by atoms with E-state index in [4.69, 9.17) is 4.74 Å². The molecule has 1 atom stereocenters. The van der Waals surface area contributed by atoms with Crippen LogP contribution in [-0.2, 0) is 13.0 Å². The average Bonchev–Trinajstić information content (AvgIpc) is 2.51. The molecule has 1 N–H and O–H groups in total. The fraction of sp³-hybridized carbons (Fsp3) is 0.333. The van der Waals surface area contributed by atoms with E-state index in [1.54, 1.807) is 6.07 Å². The number of hydrogen-bond donors (Lipinski definition) is 1. The molecular formula is C18H22FNO. The number of halogens is 1. The van der Waals surface area contributed by atoms with Crippen molar-refractivity contribution in [2.45, 2.75) is 32.4 Å². The van der Waals surface area contributed by atoms with Crippen LogP contribution in [0.3, 0.4) is 0 Å². The van der Waals surface area contributed by atoms with Crippen LogP contribution in [0.2, 0.25) is 0 Å². The van der Waals surface area contributed by atoms with Gasteiger partial charge in [0, 0.05) is 6.04 Å². The van der Waals surface area contributed by atoms with Crippen LogP contribution in [-0.4, -0.2) is 13.1 Å². The van der Waals surface area contributed by atoms with Gasteiger partial charge in [-0.15, -0.1) is 0 Å². The summed E-state index contributed by atoms with van der Waals surface area (Å²) in [6.45, 7) is 2.56. The van der Waals surface area contributed by atoms with Crippen LogP contribution in [0.25, 0.3) is 0 Å². The number of benzene rings is 2. The lowest BCUT2D eigenvalue weighted by Gasteiger charge is -2.10. The molecule has 0 fully saturated rings. The van der Waals surface area contributed by atoms with Gasteiger partial charge in [0.25, 0.3) is 0 Å². The second-order valence-electron chi connectivity index (χ2n) is 5.29. The fourth-order valence-corrected chi connectivity index (χ4v) is 2.07. The van der Waals surface area contributed by atoms with E-state index in [1.807, 2.05) is 25.2 Å². The number of rotatable bonds is 7. The highest BCUT2D eigenvalue weighted by molar-refractivity contribution is 5.28. The summed E-state index contributed by atoms with van der Waals surface area (Å²) in [6, 6.07) is 15.1. The lowest BCUT2D eigenvalue weighted by Crippen LogP contribution is -2.21. The molecule has 2 nitrogen and oxygen atoms in total. The smallest absolute Gasteiger partial charge is 0.123 e. The molecule has 3 heteroatoms. The maximum absolute atomic E-state index is 13.1. The summed E-state index contributed by atoms with van der Waals surface area (Å²) in [5, 5.41) is 3.23. The molecular weight excluding hydrogens is 265 g/mol. The first-order valence-electron chi connectivity index (χ1n) is 7.31. The second-order valence-corrected chi connectivity index (χ2v) is 5.29. The highest BCUT2D eigenvalue weighted by Crippen LogP contribution is 2.16. The molecule has 21 heavy (non-hydrogen) atoms. The lowest BCUT2D eigenvalue weighted by atomic mass is 10.1. The third-order valence-electron chi connectivity index (χ3n) is 3.58. The molecule has 112 valence electrons. The van der Waals surface area contributed by atoms with Crippen molar-refractivity contribution < 1.29 is 9.13 Å². The average molecular weight is 287 g/mol. The van der Waals surface area contributed by atoms with Crippen molar-refractivity contribution in [1.82, 2.24) is 5.32 Å². The molecule has 0 amide bonds. The van der Waals surface area contributed by atoms with Gasteiger partial charge in [-0.05, 0) is 62.2 Å². The maximum atomic E-state index is 13.1. The predicted molar refractivity (Wildman–Crippen MR) is 84.0 cm³/mol. The molecule has 2 aromatic carbocycles. The van der Waals surface area contributed by atoms with Crippen LogP contribution in [0, 0.1) is 5.82 Å². The van der Waals surface area contributed by atoms with Crippen LogP contribution < -0.4 is 10.1 Å². The molecule has 0 aromatic heterocycles. The van der Waals surface area contributed by atoms with E-state index in [-0.39, 0.29) is 5.82 Å². The molecule has 0 aliphatic heterocycles. The van der Waals surface area contributed by atoms with Crippen molar-refractivity contribution in [2.75, 3.05) is 7.05 Å². The third kappa shape index (κ3) is 5.20. The highest BCUT2D eigenvalue weighted by Gasteiger charge is 2.01. The zero-order chi connectivity index (χ0) is 15.1. The van der Waals surface area contributed by atoms with E-state index in [1.165, 1.54) is 17.7 Å². The van der Waals surface area contributed by atoms with Gasteiger partial charge >= 0.3 is 0 Å². The molecule has 0 radical (unpaired) electrons. The Bertz CT molecular complexity index is 553. The van der Waals surface area contributed by atoms with Crippen molar-refractivity contribution in [1.29, 1.82) is 0 Å². The van der Waals surface area contributed by atoms with Gasteiger partial charge in [-0.3, -0.25) is 0 Å². The Morgan fingerprint density at radius 3 is 2.52 bits per heavy atom. The van der Waals surface area contributed by atoms with Crippen LogP contribution in [0.1, 0.15) is 24.5 Å². The molecule has 2 aromatic rings. The molecule has 1 unspecified atom stereocenters. The van der Waals surface area contributed by atoms with Gasteiger partial charge in [0.15, 0.2) is 0 Å². The third-order valence-corrected chi connectivity index (χ3v) is 3.58. The first-order valence-corrected chi connectivity index (χ1v) is 7.31. The number of ether oxygens (including phenoxy) is 1. The molecule has 0 aliphatic carbocycles. The first-order chi connectivity index (χ1) is 10.2. The molecule has 0 saturated carbocycles. The van der Waals surface area contributed by atoms with E-state index in [0.29, 0.717) is 12.6 Å². The van der Waals surface area contributed by atoms with Gasteiger partial charge < -0.3 is 10.1 Å². The van der Waals surface area contributed by atoms with Crippen molar-refractivity contribution in [3.05, 3.63) is 65.5 Å². The summed E-state index contributed by atoms with van der Waals surface area (Å²) in [6.07, 6.45) is 2.16. The number of hydrogen-bond acceptors (Lipinski definition) is 2. The summed E-state index contributed by atoms with van der Waals surface area (Å²) in [4.78, 5) is 0. The predicted octanol–water partition coefficient (Wildman–Crippen LogP) is 3.95. The Morgan fingerprint density at radius 2 is 1.86 bits per heavy atom. The highest BCUT2D eigenvalue weighted by atomic mass is 19.1. The summed E-state index contributed by atoms with van der Waals surface area (Å²) >= 11 is 0. The Morgan fingerprint density at radius 1 is 1.10 bits per heavy atom. The fourth-order valence-electron chi connectivity index (χ4n) is 2.07. The minimum absolute atomic E-state index is 0.231. The van der Waals surface area contributed by atoms with Crippen molar-refractivity contribution in [2.24, 2.45) is 0 Å². The van der Waals surface area contributed by atoms with Crippen LogP contribution in [0.4, 0.5) is 4.39 Å². The molecule has 0 saturated heterocycles. The van der Waals surface area contributed by atoms with Crippen LogP contribution >= 0.6 is 0 Å². The Balaban J connectivity index is 1.85. The van der Waals surface area contributed by atoms with Gasteiger partial charge in [-0.1, -0.05) is 24.3 Å². The zero-order valence-corrected chi connectivity index (χ0v) is 12.6. The van der Waals surface area contributed by atoms with Crippen LogP contribution in [0.15, 0.2) is 48.5 Å². The van der Waals surface area contributed by atoms with E-state index in [0.717, 1.165) is 24.2 Å². The molecule has 0 aliphatic rings. The topological polar surface area (TPSA) is 21.3 Å². The summed E-state index contributed by atoms with van der Waals surface area (Å²) in [7, 11) is 1.98. The zero-order valence-electron chi connectivity index (χ0n) is 12.6. The van der Waals surface area contributed by atoms with Crippen molar-refractivity contribution in [3.8, 4) is 5.75 Å². The maximum Gasteiger partial charge on any atom is 0.123 e. The SMILES string of the molecule is CNC(C)CCc1ccc(OCc2cccc(F)c2)cc1. The number of nitrogens with one attached hydrogen (secondary N) is 1. The van der Waals surface area contributed by atoms with Crippen molar-refractivity contribution in [3.63, 3.8) is 0 Å². The quantitative estimate of drug-likeness (QED) is 0.832.